The number of pyridine rings is 1. The lowest BCUT2D eigenvalue weighted by atomic mass is 10.0. The first-order valence-corrected chi connectivity index (χ1v) is 10.8. The maximum atomic E-state index is 12.9. The standard InChI is InChI=1S/C23H23N5O2S/c1-15(2)20(22(30)25-14-16-6-5-9-24-13-16)27-21(29)17-7-8-18-19(12-17)31-23(26-18)28-10-3-4-11-28/h3-13,15,20H,14H2,1-2H3,(H,25,30)(H,27,29). The third-order valence-corrected chi connectivity index (χ3v) is 5.92. The number of carbonyl (C=O) groups is 2. The first kappa shape index (κ1) is 20.7. The van der Waals surface area contributed by atoms with Gasteiger partial charge in [-0.05, 0) is 47.9 Å². The van der Waals surface area contributed by atoms with Gasteiger partial charge in [-0.2, -0.15) is 0 Å². The molecule has 0 spiro atoms. The minimum absolute atomic E-state index is 0.0645. The maximum absolute atomic E-state index is 12.9. The van der Waals surface area contributed by atoms with Gasteiger partial charge in [-0.1, -0.05) is 31.3 Å². The first-order valence-electron chi connectivity index (χ1n) is 10.0. The molecule has 0 saturated heterocycles. The first-order chi connectivity index (χ1) is 15.0. The van der Waals surface area contributed by atoms with Crippen LogP contribution in [0.1, 0.15) is 29.8 Å². The number of carbonyl (C=O) groups excluding carboxylic acids is 2. The molecule has 158 valence electrons. The molecule has 0 fully saturated rings. The third-order valence-electron chi connectivity index (χ3n) is 4.89. The fraction of sp³-hybridized carbons (Fsp3) is 0.217. The van der Waals surface area contributed by atoms with Gasteiger partial charge in [0.05, 0.1) is 10.2 Å². The van der Waals surface area contributed by atoms with Crippen LogP contribution >= 0.6 is 11.3 Å². The fourth-order valence-electron chi connectivity index (χ4n) is 3.19. The van der Waals surface area contributed by atoms with Crippen molar-refractivity contribution >= 4 is 33.4 Å². The molecule has 3 heterocycles. The highest BCUT2D eigenvalue weighted by molar-refractivity contribution is 7.20. The number of hydrogen-bond donors (Lipinski definition) is 2. The molecule has 31 heavy (non-hydrogen) atoms. The quantitative estimate of drug-likeness (QED) is 0.466. The van der Waals surface area contributed by atoms with Crippen LogP contribution in [0.15, 0.2) is 67.3 Å². The van der Waals surface area contributed by atoms with Crippen LogP contribution in [0.4, 0.5) is 0 Å². The fourth-order valence-corrected chi connectivity index (χ4v) is 4.16. The second-order valence-corrected chi connectivity index (χ2v) is 8.55. The molecule has 0 saturated carbocycles. The Hall–Kier alpha value is -3.52. The molecule has 4 aromatic rings. The Labute approximate surface area is 184 Å². The zero-order valence-corrected chi connectivity index (χ0v) is 18.1. The summed E-state index contributed by atoms with van der Waals surface area (Å²) in [5.41, 5.74) is 2.24. The lowest BCUT2D eigenvalue weighted by molar-refractivity contribution is -0.124. The molecule has 1 aromatic carbocycles. The molecule has 0 aliphatic heterocycles. The van der Waals surface area contributed by atoms with Crippen molar-refractivity contribution in [2.45, 2.75) is 26.4 Å². The van der Waals surface area contributed by atoms with Gasteiger partial charge in [0.15, 0.2) is 5.13 Å². The van der Waals surface area contributed by atoms with E-state index >= 15 is 0 Å². The van der Waals surface area contributed by atoms with E-state index in [1.165, 1.54) is 11.3 Å². The predicted molar refractivity (Wildman–Crippen MR) is 121 cm³/mol. The number of amides is 2. The lowest BCUT2D eigenvalue weighted by Gasteiger charge is -2.21. The Kier molecular flexibility index (Phi) is 6.08. The molecule has 0 aliphatic carbocycles. The van der Waals surface area contributed by atoms with E-state index in [4.69, 9.17) is 0 Å². The number of nitrogens with zero attached hydrogens (tertiary/aromatic N) is 3. The number of benzene rings is 1. The summed E-state index contributed by atoms with van der Waals surface area (Å²) in [5.74, 6) is -0.570. The summed E-state index contributed by atoms with van der Waals surface area (Å²) < 4.78 is 2.85. The highest BCUT2D eigenvalue weighted by Gasteiger charge is 2.24. The second kappa shape index (κ2) is 9.09. The van der Waals surface area contributed by atoms with Crippen LogP contribution in [0.25, 0.3) is 15.3 Å². The van der Waals surface area contributed by atoms with E-state index in [0.717, 1.165) is 20.9 Å². The van der Waals surface area contributed by atoms with Crippen LogP contribution in [0, 0.1) is 5.92 Å². The molecule has 4 rings (SSSR count). The number of fused-ring (bicyclic) bond motifs is 1. The molecular formula is C23H23N5O2S. The van der Waals surface area contributed by atoms with Crippen LogP contribution in [-0.2, 0) is 11.3 Å². The third kappa shape index (κ3) is 4.80. The zero-order valence-electron chi connectivity index (χ0n) is 17.3. The van der Waals surface area contributed by atoms with Gasteiger partial charge in [-0.15, -0.1) is 0 Å². The highest BCUT2D eigenvalue weighted by atomic mass is 32.1. The van der Waals surface area contributed by atoms with Crippen LogP contribution in [0.3, 0.4) is 0 Å². The number of rotatable bonds is 7. The topological polar surface area (TPSA) is 88.9 Å². The van der Waals surface area contributed by atoms with E-state index in [1.807, 2.05) is 67.2 Å². The normalized spacial score (nSPS) is 12.1. The molecule has 3 aromatic heterocycles. The van der Waals surface area contributed by atoms with Gasteiger partial charge in [-0.3, -0.25) is 14.6 Å². The SMILES string of the molecule is CC(C)C(NC(=O)c1ccc2nc(-n3cccc3)sc2c1)C(=O)NCc1cccnc1. The summed E-state index contributed by atoms with van der Waals surface area (Å²) in [6, 6.07) is 12.3. The van der Waals surface area contributed by atoms with Crippen LogP contribution in [0.2, 0.25) is 0 Å². The summed E-state index contributed by atoms with van der Waals surface area (Å²) >= 11 is 1.51. The zero-order chi connectivity index (χ0) is 21.8. The van der Waals surface area contributed by atoms with Crippen molar-refractivity contribution < 1.29 is 9.59 Å². The minimum atomic E-state index is -0.642. The lowest BCUT2D eigenvalue weighted by Crippen LogP contribution is -2.49. The van der Waals surface area contributed by atoms with Crippen molar-refractivity contribution in [3.63, 3.8) is 0 Å². The maximum Gasteiger partial charge on any atom is 0.251 e. The number of aromatic nitrogens is 3. The molecule has 2 N–H and O–H groups in total. The van der Waals surface area contributed by atoms with Gasteiger partial charge in [-0.25, -0.2) is 4.98 Å². The van der Waals surface area contributed by atoms with Gasteiger partial charge >= 0.3 is 0 Å². The van der Waals surface area contributed by atoms with Gasteiger partial charge in [0, 0.05) is 36.9 Å². The summed E-state index contributed by atoms with van der Waals surface area (Å²) in [6.07, 6.45) is 7.25. The molecule has 0 bridgehead atoms. The Morgan fingerprint density at radius 3 is 2.65 bits per heavy atom. The van der Waals surface area contributed by atoms with Gasteiger partial charge in [0.2, 0.25) is 5.91 Å². The van der Waals surface area contributed by atoms with Gasteiger partial charge < -0.3 is 15.2 Å². The van der Waals surface area contributed by atoms with Crippen LogP contribution in [-0.4, -0.2) is 32.4 Å². The molecule has 0 radical (unpaired) electrons. The Bertz CT molecular complexity index is 1190. The summed E-state index contributed by atoms with van der Waals surface area (Å²) in [4.78, 5) is 34.3. The van der Waals surface area contributed by atoms with Crippen molar-refractivity contribution in [3.05, 3.63) is 78.4 Å². The second-order valence-electron chi connectivity index (χ2n) is 7.54. The van der Waals surface area contributed by atoms with Crippen molar-refractivity contribution in [1.82, 2.24) is 25.2 Å². The van der Waals surface area contributed by atoms with E-state index in [0.29, 0.717) is 12.1 Å². The van der Waals surface area contributed by atoms with Crippen molar-refractivity contribution in [2.24, 2.45) is 5.92 Å². The smallest absolute Gasteiger partial charge is 0.251 e. The molecule has 8 heteroatoms. The molecular weight excluding hydrogens is 410 g/mol. The Balaban J connectivity index is 1.46. The van der Waals surface area contributed by atoms with Crippen LogP contribution < -0.4 is 10.6 Å². The van der Waals surface area contributed by atoms with Gasteiger partial charge in [0.1, 0.15) is 6.04 Å². The minimum Gasteiger partial charge on any atom is -0.350 e. The molecule has 2 amide bonds. The average molecular weight is 434 g/mol. The predicted octanol–water partition coefficient (Wildman–Crippen LogP) is 3.55. The number of nitrogens with one attached hydrogen (secondary N) is 2. The summed E-state index contributed by atoms with van der Waals surface area (Å²) in [5, 5.41) is 6.60. The van der Waals surface area contributed by atoms with E-state index in [-0.39, 0.29) is 17.7 Å². The molecule has 1 atom stereocenters. The summed E-state index contributed by atoms with van der Waals surface area (Å²) in [7, 11) is 0. The summed E-state index contributed by atoms with van der Waals surface area (Å²) in [6.45, 7) is 4.18. The largest absolute Gasteiger partial charge is 0.350 e. The Morgan fingerprint density at radius 2 is 1.94 bits per heavy atom. The molecule has 0 aliphatic rings. The molecule has 7 nitrogen and oxygen atoms in total. The van der Waals surface area contributed by atoms with E-state index < -0.39 is 6.04 Å². The van der Waals surface area contributed by atoms with E-state index in [9.17, 15) is 9.59 Å². The van der Waals surface area contributed by atoms with Crippen molar-refractivity contribution in [3.8, 4) is 5.13 Å². The van der Waals surface area contributed by atoms with E-state index in [1.54, 1.807) is 18.5 Å². The number of hydrogen-bond acceptors (Lipinski definition) is 5. The van der Waals surface area contributed by atoms with Crippen LogP contribution in [0.5, 0.6) is 0 Å². The molecule has 1 unspecified atom stereocenters. The van der Waals surface area contributed by atoms with Crippen molar-refractivity contribution in [1.29, 1.82) is 0 Å². The monoisotopic (exact) mass is 433 g/mol. The average Bonchev–Trinajstić information content (AvgIpc) is 3.45. The Morgan fingerprint density at radius 1 is 1.13 bits per heavy atom. The van der Waals surface area contributed by atoms with Gasteiger partial charge in [0.25, 0.3) is 5.91 Å². The number of thiazole rings is 1. The highest BCUT2D eigenvalue weighted by Crippen LogP contribution is 2.26. The van der Waals surface area contributed by atoms with E-state index in [2.05, 4.69) is 20.6 Å². The van der Waals surface area contributed by atoms with Crippen molar-refractivity contribution in [2.75, 3.05) is 0 Å².